The van der Waals surface area contributed by atoms with Crippen LogP contribution in [0.2, 0.25) is 0 Å². The molecular formula is C41H74O5. The van der Waals surface area contributed by atoms with Gasteiger partial charge in [0, 0.05) is 13.2 Å². The number of unbranched alkanes of at least 4 members (excludes halogenated alkanes) is 11. The van der Waals surface area contributed by atoms with E-state index in [1.807, 2.05) is 0 Å². The zero-order valence-corrected chi connectivity index (χ0v) is 30.4. The third-order valence-corrected chi connectivity index (χ3v) is 13.1. The van der Waals surface area contributed by atoms with Crippen LogP contribution in [0.15, 0.2) is 0 Å². The molecule has 5 heteroatoms. The van der Waals surface area contributed by atoms with Crippen LogP contribution in [0.4, 0.5) is 0 Å². The maximum Gasteiger partial charge on any atom is 0.0972 e. The lowest BCUT2D eigenvalue weighted by Crippen LogP contribution is -2.62. The Morgan fingerprint density at radius 3 is 1.20 bits per heavy atom. The fourth-order valence-corrected chi connectivity index (χ4v) is 10.4. The Balaban J connectivity index is 1.17. The quantitative estimate of drug-likeness (QED) is 0.186. The maximum atomic E-state index is 7.15. The predicted octanol–water partition coefficient (Wildman–Crippen LogP) is 11.2. The molecule has 0 aromatic rings. The molecule has 1 saturated heterocycles. The van der Waals surface area contributed by atoms with E-state index in [1.54, 1.807) is 0 Å². The van der Waals surface area contributed by atoms with Crippen molar-refractivity contribution >= 4 is 0 Å². The highest BCUT2D eigenvalue weighted by Crippen LogP contribution is 2.53. The Kier molecular flexibility index (Phi) is 15.5. The summed E-state index contributed by atoms with van der Waals surface area (Å²) < 4.78 is 34.8. The van der Waals surface area contributed by atoms with Crippen molar-refractivity contribution in [2.24, 2.45) is 0 Å². The van der Waals surface area contributed by atoms with Gasteiger partial charge in [0.25, 0.3) is 0 Å². The van der Waals surface area contributed by atoms with Crippen molar-refractivity contribution in [1.29, 1.82) is 0 Å². The zero-order chi connectivity index (χ0) is 31.9. The van der Waals surface area contributed by atoms with Crippen molar-refractivity contribution < 1.29 is 23.7 Å². The molecule has 1 heterocycles. The predicted molar refractivity (Wildman–Crippen MR) is 189 cm³/mol. The largest absolute Gasteiger partial charge is 0.373 e. The van der Waals surface area contributed by atoms with Crippen LogP contribution in [0.1, 0.15) is 200 Å². The smallest absolute Gasteiger partial charge is 0.0972 e. The first-order chi connectivity index (χ1) is 22.7. The summed E-state index contributed by atoms with van der Waals surface area (Å²) in [7, 11) is 0. The molecule has 1 unspecified atom stereocenters. The van der Waals surface area contributed by atoms with Crippen LogP contribution in [-0.4, -0.2) is 61.5 Å². The minimum Gasteiger partial charge on any atom is -0.373 e. The molecule has 4 aliphatic carbocycles. The number of rotatable bonds is 13. The second-order valence-corrected chi connectivity index (χ2v) is 16.2. The third-order valence-electron chi connectivity index (χ3n) is 13.1. The van der Waals surface area contributed by atoms with Gasteiger partial charge in [-0.05, 0) is 64.2 Å². The first kappa shape index (κ1) is 37.1. The number of hydrogen-bond acceptors (Lipinski definition) is 5. The van der Waals surface area contributed by atoms with Gasteiger partial charge in [0.15, 0.2) is 0 Å². The Morgan fingerprint density at radius 1 is 0.391 bits per heavy atom. The van der Waals surface area contributed by atoms with E-state index in [1.165, 1.54) is 128 Å². The van der Waals surface area contributed by atoms with Crippen LogP contribution in [0.5, 0.6) is 0 Å². The van der Waals surface area contributed by atoms with Gasteiger partial charge in [0.2, 0.25) is 0 Å². The van der Waals surface area contributed by atoms with E-state index in [4.69, 9.17) is 23.7 Å². The summed E-state index contributed by atoms with van der Waals surface area (Å²) in [6.07, 6.45) is 38.1. The summed E-state index contributed by atoms with van der Waals surface area (Å²) in [5, 5.41) is 0. The van der Waals surface area contributed by atoms with Gasteiger partial charge in [-0.25, -0.2) is 0 Å². The summed E-state index contributed by atoms with van der Waals surface area (Å²) >= 11 is 0. The van der Waals surface area contributed by atoms with Crippen molar-refractivity contribution in [2.75, 3.05) is 33.0 Å². The minimum absolute atomic E-state index is 0.115. The highest BCUT2D eigenvalue weighted by atomic mass is 16.6. The molecule has 268 valence electrons. The van der Waals surface area contributed by atoms with Crippen molar-refractivity contribution in [3.63, 3.8) is 0 Å². The first-order valence-electron chi connectivity index (χ1n) is 20.8. The average Bonchev–Trinajstić information content (AvgIpc) is 3.08. The van der Waals surface area contributed by atoms with E-state index in [0.29, 0.717) is 19.8 Å². The Morgan fingerprint density at radius 2 is 0.761 bits per heavy atom. The number of hydrogen-bond donors (Lipinski definition) is 0. The van der Waals surface area contributed by atoms with Crippen LogP contribution in [0, 0.1) is 0 Å². The molecule has 1 aliphatic heterocycles. The molecule has 5 aliphatic rings. The van der Waals surface area contributed by atoms with E-state index in [0.717, 1.165) is 77.4 Å². The summed E-state index contributed by atoms with van der Waals surface area (Å²) in [6, 6.07) is 0. The van der Waals surface area contributed by atoms with Gasteiger partial charge in [-0.15, -0.1) is 0 Å². The van der Waals surface area contributed by atoms with Gasteiger partial charge in [0.05, 0.1) is 48.3 Å². The van der Waals surface area contributed by atoms with E-state index >= 15 is 0 Å². The minimum atomic E-state index is -0.142. The van der Waals surface area contributed by atoms with E-state index in [2.05, 4.69) is 6.92 Å². The molecule has 0 amide bonds. The molecule has 5 rings (SSSR count). The monoisotopic (exact) mass is 647 g/mol. The van der Waals surface area contributed by atoms with Crippen LogP contribution < -0.4 is 0 Å². The summed E-state index contributed by atoms with van der Waals surface area (Å²) in [4.78, 5) is 0. The van der Waals surface area contributed by atoms with Crippen LogP contribution >= 0.6 is 0 Å². The molecule has 5 fully saturated rings. The maximum absolute atomic E-state index is 7.15. The van der Waals surface area contributed by atoms with Gasteiger partial charge in [-0.3, -0.25) is 0 Å². The van der Waals surface area contributed by atoms with Gasteiger partial charge < -0.3 is 23.7 Å². The molecule has 0 radical (unpaired) electrons. The zero-order valence-electron chi connectivity index (χ0n) is 30.4. The second-order valence-electron chi connectivity index (χ2n) is 16.2. The van der Waals surface area contributed by atoms with Crippen LogP contribution in [-0.2, 0) is 23.7 Å². The van der Waals surface area contributed by atoms with Gasteiger partial charge in [-0.2, -0.15) is 0 Å². The van der Waals surface area contributed by atoms with Crippen molar-refractivity contribution in [3.05, 3.63) is 0 Å². The molecule has 4 saturated carbocycles. The second kappa shape index (κ2) is 19.3. The van der Waals surface area contributed by atoms with E-state index in [9.17, 15) is 0 Å². The van der Waals surface area contributed by atoms with Crippen LogP contribution in [0.25, 0.3) is 0 Å². The summed E-state index contributed by atoms with van der Waals surface area (Å²) in [6.45, 7) is 5.93. The fraction of sp³-hybridized carbons (Fsp3) is 1.00. The molecular weight excluding hydrogens is 572 g/mol. The molecule has 0 spiro atoms. The lowest BCUT2D eigenvalue weighted by molar-refractivity contribution is -0.268. The normalized spacial score (nSPS) is 36.6. The van der Waals surface area contributed by atoms with Crippen LogP contribution in [0.3, 0.4) is 0 Å². The standard InChI is InChI=1S/C41H74O5/c1-2-3-4-5-6-7-8-9-10-11-12-13-23-37-36-46-41-30-20-18-28-40(41,29-19-21-31-41)44-33-22-32-43-38-24-14-16-26-39(38,27-17-15-25-38)45-35-34-42-37/h37H,2-36H2,1H3. The fourth-order valence-electron chi connectivity index (χ4n) is 10.4. The van der Waals surface area contributed by atoms with E-state index < -0.39 is 0 Å². The first-order valence-corrected chi connectivity index (χ1v) is 20.8. The lowest BCUT2D eigenvalue weighted by atomic mass is 9.63. The molecule has 0 aromatic heterocycles. The van der Waals surface area contributed by atoms with Gasteiger partial charge in [0.1, 0.15) is 0 Å². The van der Waals surface area contributed by atoms with Crippen molar-refractivity contribution in [2.45, 2.75) is 228 Å². The molecule has 5 nitrogen and oxygen atoms in total. The third kappa shape index (κ3) is 9.52. The Labute approximate surface area is 284 Å². The average molecular weight is 647 g/mol. The number of ether oxygens (including phenoxy) is 5. The molecule has 0 bridgehead atoms. The van der Waals surface area contributed by atoms with Crippen molar-refractivity contribution in [3.8, 4) is 0 Å². The van der Waals surface area contributed by atoms with Gasteiger partial charge in [-0.1, -0.05) is 135 Å². The highest BCUT2D eigenvalue weighted by Gasteiger charge is 2.57. The summed E-state index contributed by atoms with van der Waals surface area (Å²) in [5.41, 5.74) is -0.513. The molecule has 0 N–H and O–H groups in total. The lowest BCUT2D eigenvalue weighted by Gasteiger charge is -2.56. The molecule has 46 heavy (non-hydrogen) atoms. The molecule has 0 aromatic carbocycles. The topological polar surface area (TPSA) is 46.2 Å². The van der Waals surface area contributed by atoms with E-state index in [-0.39, 0.29) is 28.5 Å². The van der Waals surface area contributed by atoms with Gasteiger partial charge >= 0.3 is 0 Å². The Bertz CT molecular complexity index is 804. The van der Waals surface area contributed by atoms with Crippen molar-refractivity contribution in [1.82, 2.24) is 0 Å². The summed E-state index contributed by atoms with van der Waals surface area (Å²) in [5.74, 6) is 0. The molecule has 1 atom stereocenters. The highest BCUT2D eigenvalue weighted by molar-refractivity contribution is 5.09. The SMILES string of the molecule is CCCCCCCCCCCCCCC1COC23CCCCC2(CCCC3)OCCCOC23CCCCC2(CCCC3)OCCO1. The Hall–Kier alpha value is -0.200.